The summed E-state index contributed by atoms with van der Waals surface area (Å²) in [6.07, 6.45) is -0.184. The zero-order chi connectivity index (χ0) is 13.1. The molecule has 1 fully saturated rings. The molecule has 1 heterocycles. The molecule has 1 saturated heterocycles. The second-order valence-corrected chi connectivity index (χ2v) is 5.33. The fourth-order valence-corrected chi connectivity index (χ4v) is 2.47. The third kappa shape index (κ3) is 2.66. The molecule has 0 amide bonds. The minimum atomic E-state index is -0.184. The maximum Gasteiger partial charge on any atom is 0.101 e. The van der Waals surface area contributed by atoms with Crippen LogP contribution in [0.2, 0.25) is 0 Å². The van der Waals surface area contributed by atoms with Crippen molar-refractivity contribution in [3.63, 3.8) is 0 Å². The van der Waals surface area contributed by atoms with E-state index in [4.69, 9.17) is 4.74 Å². The van der Waals surface area contributed by atoms with Crippen LogP contribution >= 0.6 is 15.9 Å². The van der Waals surface area contributed by atoms with E-state index in [1.165, 1.54) is 0 Å². The van der Waals surface area contributed by atoms with Crippen LogP contribution in [0.5, 0.6) is 0 Å². The molecule has 96 valence electrons. The molecule has 1 aliphatic heterocycles. The summed E-state index contributed by atoms with van der Waals surface area (Å²) in [7, 11) is 0. The quantitative estimate of drug-likeness (QED) is 0.906. The lowest BCUT2D eigenvalue weighted by Crippen LogP contribution is -2.49. The normalized spacial score (nSPS) is 23.8. The van der Waals surface area contributed by atoms with Crippen molar-refractivity contribution in [2.75, 3.05) is 24.7 Å². The largest absolute Gasteiger partial charge is 0.394 e. The number of rotatable bonds is 2. The van der Waals surface area contributed by atoms with E-state index in [-0.39, 0.29) is 18.8 Å². The molecule has 2 unspecified atom stereocenters. The molecule has 0 radical (unpaired) electrons. The summed E-state index contributed by atoms with van der Waals surface area (Å²) < 4.78 is 6.40. The molecule has 1 N–H and O–H groups in total. The molecule has 1 aromatic carbocycles. The summed E-state index contributed by atoms with van der Waals surface area (Å²) in [4.78, 5) is 2.12. The summed E-state index contributed by atoms with van der Waals surface area (Å²) in [6, 6.07) is 8.07. The number of nitrogens with zero attached hydrogens (tertiary/aromatic N) is 2. The number of ether oxygens (including phenoxy) is 1. The summed E-state index contributed by atoms with van der Waals surface area (Å²) >= 11 is 3.37. The van der Waals surface area contributed by atoms with Gasteiger partial charge in [0.2, 0.25) is 0 Å². The number of aliphatic hydroxyl groups is 1. The van der Waals surface area contributed by atoms with Crippen LogP contribution in [0.4, 0.5) is 5.69 Å². The lowest BCUT2D eigenvalue weighted by molar-refractivity contribution is -0.0103. The lowest BCUT2D eigenvalue weighted by Gasteiger charge is -2.39. The number of hydrogen-bond donors (Lipinski definition) is 1. The van der Waals surface area contributed by atoms with E-state index in [1.54, 1.807) is 0 Å². The Morgan fingerprint density at radius 3 is 3.06 bits per heavy atom. The van der Waals surface area contributed by atoms with Gasteiger partial charge in [-0.1, -0.05) is 15.9 Å². The van der Waals surface area contributed by atoms with Gasteiger partial charge in [0, 0.05) is 17.1 Å². The molecule has 2 atom stereocenters. The van der Waals surface area contributed by atoms with E-state index < -0.39 is 0 Å². The van der Waals surface area contributed by atoms with Crippen molar-refractivity contribution in [3.8, 4) is 6.07 Å². The first-order valence-corrected chi connectivity index (χ1v) is 6.63. The van der Waals surface area contributed by atoms with Crippen LogP contribution < -0.4 is 4.90 Å². The van der Waals surface area contributed by atoms with Gasteiger partial charge < -0.3 is 14.7 Å². The van der Waals surface area contributed by atoms with Gasteiger partial charge in [0.05, 0.1) is 30.6 Å². The zero-order valence-electron chi connectivity index (χ0n) is 10.1. The zero-order valence-corrected chi connectivity index (χ0v) is 11.7. The molecule has 0 bridgehead atoms. The van der Waals surface area contributed by atoms with Crippen LogP contribution in [0.25, 0.3) is 0 Å². The monoisotopic (exact) mass is 310 g/mol. The molecule has 0 aliphatic carbocycles. The summed E-state index contributed by atoms with van der Waals surface area (Å²) in [6.45, 7) is 3.22. The van der Waals surface area contributed by atoms with E-state index in [1.807, 2.05) is 18.2 Å². The number of nitriles is 1. The predicted molar refractivity (Wildman–Crippen MR) is 72.5 cm³/mol. The fraction of sp³-hybridized carbons (Fsp3) is 0.462. The highest BCUT2D eigenvalue weighted by Gasteiger charge is 2.27. The first-order valence-electron chi connectivity index (χ1n) is 5.84. The van der Waals surface area contributed by atoms with Crippen molar-refractivity contribution in [2.45, 2.75) is 19.1 Å². The minimum absolute atomic E-state index is 0.00162. The SMILES string of the molecule is CC1COC(CO)CN1c1ccc(Br)cc1C#N. The standard InChI is InChI=1S/C13H15BrN2O2/c1-9-8-18-12(7-17)6-16(9)13-3-2-11(14)4-10(13)5-15/h2-4,9,12,17H,6-8H2,1H3. The maximum absolute atomic E-state index is 9.20. The van der Waals surface area contributed by atoms with E-state index in [2.05, 4.69) is 33.8 Å². The molecule has 5 heteroatoms. The van der Waals surface area contributed by atoms with E-state index in [9.17, 15) is 10.4 Å². The van der Waals surface area contributed by atoms with Crippen molar-refractivity contribution >= 4 is 21.6 Å². The molecule has 0 aromatic heterocycles. The highest BCUT2D eigenvalue weighted by atomic mass is 79.9. The van der Waals surface area contributed by atoms with Gasteiger partial charge in [0.25, 0.3) is 0 Å². The fourth-order valence-electron chi connectivity index (χ4n) is 2.11. The number of aliphatic hydroxyl groups excluding tert-OH is 1. The van der Waals surface area contributed by atoms with Crippen molar-refractivity contribution in [3.05, 3.63) is 28.2 Å². The Morgan fingerprint density at radius 2 is 2.39 bits per heavy atom. The Morgan fingerprint density at radius 1 is 1.61 bits per heavy atom. The summed E-state index contributed by atoms with van der Waals surface area (Å²) in [5.74, 6) is 0. The van der Waals surface area contributed by atoms with E-state index in [0.29, 0.717) is 18.7 Å². The van der Waals surface area contributed by atoms with E-state index in [0.717, 1.165) is 10.2 Å². The number of hydrogen-bond acceptors (Lipinski definition) is 4. The Labute approximate surface area is 115 Å². The smallest absolute Gasteiger partial charge is 0.101 e. The van der Waals surface area contributed by atoms with Crippen LogP contribution in [0.15, 0.2) is 22.7 Å². The summed E-state index contributed by atoms with van der Waals surface area (Å²) in [5, 5.41) is 18.4. The van der Waals surface area contributed by atoms with Crippen LogP contribution in [0, 0.1) is 11.3 Å². The Kier molecular flexibility index (Phi) is 4.23. The molecule has 1 aromatic rings. The molecule has 18 heavy (non-hydrogen) atoms. The van der Waals surface area contributed by atoms with Gasteiger partial charge in [-0.05, 0) is 25.1 Å². The van der Waals surface area contributed by atoms with E-state index >= 15 is 0 Å². The molecule has 4 nitrogen and oxygen atoms in total. The number of benzene rings is 1. The molecule has 1 aliphatic rings. The highest BCUT2D eigenvalue weighted by molar-refractivity contribution is 9.10. The molecule has 0 spiro atoms. The molecule has 2 rings (SSSR count). The van der Waals surface area contributed by atoms with Gasteiger partial charge in [-0.25, -0.2) is 0 Å². The first-order chi connectivity index (χ1) is 8.65. The van der Waals surface area contributed by atoms with Gasteiger partial charge in [-0.15, -0.1) is 0 Å². The van der Waals surface area contributed by atoms with Crippen LogP contribution in [-0.2, 0) is 4.74 Å². The van der Waals surface area contributed by atoms with Gasteiger partial charge in [-0.2, -0.15) is 5.26 Å². The summed E-state index contributed by atoms with van der Waals surface area (Å²) in [5.41, 5.74) is 1.53. The maximum atomic E-state index is 9.20. The van der Waals surface area contributed by atoms with Gasteiger partial charge in [-0.3, -0.25) is 0 Å². The third-order valence-electron chi connectivity index (χ3n) is 3.10. The number of morpholine rings is 1. The molecular formula is C13H15BrN2O2. The van der Waals surface area contributed by atoms with Gasteiger partial charge in [0.15, 0.2) is 0 Å². The van der Waals surface area contributed by atoms with Crippen LogP contribution in [0.1, 0.15) is 12.5 Å². The topological polar surface area (TPSA) is 56.5 Å². The van der Waals surface area contributed by atoms with Gasteiger partial charge >= 0.3 is 0 Å². The predicted octanol–water partition coefficient (Wildman–Crippen LogP) is 1.91. The Hall–Kier alpha value is -1.09. The third-order valence-corrected chi connectivity index (χ3v) is 3.59. The van der Waals surface area contributed by atoms with Crippen molar-refractivity contribution < 1.29 is 9.84 Å². The van der Waals surface area contributed by atoms with Crippen LogP contribution in [-0.4, -0.2) is 37.0 Å². The molecular weight excluding hydrogens is 296 g/mol. The average Bonchev–Trinajstić information content (AvgIpc) is 2.39. The minimum Gasteiger partial charge on any atom is -0.394 e. The second-order valence-electron chi connectivity index (χ2n) is 4.41. The molecule has 0 saturated carbocycles. The number of halogens is 1. The Balaban J connectivity index is 2.32. The van der Waals surface area contributed by atoms with Crippen LogP contribution in [0.3, 0.4) is 0 Å². The first kappa shape index (κ1) is 13.3. The van der Waals surface area contributed by atoms with Gasteiger partial charge in [0.1, 0.15) is 6.07 Å². The highest BCUT2D eigenvalue weighted by Crippen LogP contribution is 2.27. The number of anilines is 1. The average molecular weight is 311 g/mol. The second kappa shape index (κ2) is 5.70. The Bertz CT molecular complexity index is 473. The van der Waals surface area contributed by atoms with Crippen molar-refractivity contribution in [1.82, 2.24) is 0 Å². The lowest BCUT2D eigenvalue weighted by atomic mass is 10.1. The van der Waals surface area contributed by atoms with Crippen molar-refractivity contribution in [2.24, 2.45) is 0 Å². The van der Waals surface area contributed by atoms with Crippen molar-refractivity contribution in [1.29, 1.82) is 5.26 Å².